The Morgan fingerprint density at radius 1 is 0.929 bits per heavy atom. The summed E-state index contributed by atoms with van der Waals surface area (Å²) in [5, 5.41) is 19.3. The van der Waals surface area contributed by atoms with E-state index < -0.39 is 6.10 Å². The lowest BCUT2D eigenvalue weighted by Gasteiger charge is -2.35. The fourth-order valence-corrected chi connectivity index (χ4v) is 4.15. The van der Waals surface area contributed by atoms with Crippen molar-refractivity contribution in [1.82, 2.24) is 9.80 Å². The van der Waals surface area contributed by atoms with Gasteiger partial charge in [-0.15, -0.1) is 24.8 Å². The largest absolute Gasteiger partial charge is 0.491 e. The predicted octanol–water partition coefficient (Wildman–Crippen LogP) is 2.93. The highest BCUT2D eigenvalue weighted by Crippen LogP contribution is 2.33. The molecular formula is C21H36Cl2N2O3. The molecule has 1 aromatic rings. The second-order valence-electron chi connectivity index (χ2n) is 7.73. The number of aliphatic hydroxyl groups excluding tert-OH is 2. The molecule has 1 unspecified atom stereocenters. The molecular weight excluding hydrogens is 399 g/mol. The quantitative estimate of drug-likeness (QED) is 0.658. The zero-order valence-corrected chi connectivity index (χ0v) is 18.3. The lowest BCUT2D eigenvalue weighted by molar-refractivity contribution is 0.0428. The van der Waals surface area contributed by atoms with Gasteiger partial charge in [0, 0.05) is 39.3 Å². The number of piperazine rings is 1. The van der Waals surface area contributed by atoms with Gasteiger partial charge in [-0.25, -0.2) is 0 Å². The number of β-amino-alcohol motifs (C(OH)–C–C–N with tert-alkyl or cyclic N) is 2. The van der Waals surface area contributed by atoms with Crippen LogP contribution in [0.5, 0.6) is 5.75 Å². The van der Waals surface area contributed by atoms with Crippen LogP contribution in [-0.2, 0) is 0 Å². The average Bonchev–Trinajstić information content (AvgIpc) is 2.69. The fourth-order valence-electron chi connectivity index (χ4n) is 4.15. The van der Waals surface area contributed by atoms with Crippen LogP contribution in [0.3, 0.4) is 0 Å². The molecule has 1 saturated carbocycles. The van der Waals surface area contributed by atoms with E-state index in [1.54, 1.807) is 0 Å². The smallest absolute Gasteiger partial charge is 0.119 e. The van der Waals surface area contributed by atoms with Crippen LogP contribution < -0.4 is 4.74 Å². The van der Waals surface area contributed by atoms with Crippen molar-refractivity contribution in [1.29, 1.82) is 0 Å². The molecule has 1 aromatic carbocycles. The van der Waals surface area contributed by atoms with Crippen molar-refractivity contribution in [2.24, 2.45) is 0 Å². The summed E-state index contributed by atoms with van der Waals surface area (Å²) in [4.78, 5) is 4.53. The van der Waals surface area contributed by atoms with Gasteiger partial charge < -0.3 is 14.9 Å². The highest BCUT2D eigenvalue weighted by Gasteiger charge is 2.19. The molecule has 0 amide bonds. The minimum atomic E-state index is -0.475. The molecule has 7 heteroatoms. The topological polar surface area (TPSA) is 56.2 Å². The number of hydrogen-bond acceptors (Lipinski definition) is 5. The Labute approximate surface area is 181 Å². The summed E-state index contributed by atoms with van der Waals surface area (Å²) in [7, 11) is 0. The van der Waals surface area contributed by atoms with Gasteiger partial charge in [-0.1, -0.05) is 31.4 Å². The number of ether oxygens (including phenoxy) is 1. The van der Waals surface area contributed by atoms with Crippen molar-refractivity contribution in [3.63, 3.8) is 0 Å². The zero-order chi connectivity index (χ0) is 18.2. The van der Waals surface area contributed by atoms with E-state index in [0.29, 0.717) is 19.1 Å². The number of aliphatic hydroxyl groups is 2. The highest BCUT2D eigenvalue weighted by molar-refractivity contribution is 5.85. The minimum absolute atomic E-state index is 0. The molecule has 1 atom stereocenters. The van der Waals surface area contributed by atoms with Gasteiger partial charge in [0.2, 0.25) is 0 Å². The SMILES string of the molecule is Cl.Cl.OCCN1CCN(CC(O)COc2ccc(C3CCCCC3)cc2)CC1. The zero-order valence-electron chi connectivity index (χ0n) is 16.7. The standard InChI is InChI=1S/C21H34N2O3.2ClH/c24-15-14-22-10-12-23(13-11-22)16-20(25)17-26-21-8-6-19(7-9-21)18-4-2-1-3-5-18;;/h6-9,18,20,24-25H,1-5,10-17H2;2*1H. The number of nitrogens with zero attached hydrogens (tertiary/aromatic N) is 2. The molecule has 0 spiro atoms. The first kappa shape index (κ1) is 25.5. The maximum absolute atomic E-state index is 10.3. The first-order valence-electron chi connectivity index (χ1n) is 10.2. The highest BCUT2D eigenvalue weighted by atomic mass is 35.5. The number of halogens is 2. The number of benzene rings is 1. The Kier molecular flexibility index (Phi) is 12.4. The summed E-state index contributed by atoms with van der Waals surface area (Å²) < 4.78 is 5.79. The molecule has 1 saturated heterocycles. The molecule has 2 fully saturated rings. The van der Waals surface area contributed by atoms with Crippen LogP contribution in [0.15, 0.2) is 24.3 Å². The summed E-state index contributed by atoms with van der Waals surface area (Å²) in [6.07, 6.45) is 6.23. The molecule has 0 radical (unpaired) electrons. The first-order valence-corrected chi connectivity index (χ1v) is 10.2. The van der Waals surface area contributed by atoms with Crippen LogP contribution in [-0.4, -0.2) is 78.6 Å². The lowest BCUT2D eigenvalue weighted by atomic mass is 9.84. The second kappa shape index (κ2) is 13.6. The van der Waals surface area contributed by atoms with Crippen molar-refractivity contribution in [2.45, 2.75) is 44.1 Å². The van der Waals surface area contributed by atoms with Gasteiger partial charge in [-0.2, -0.15) is 0 Å². The third-order valence-electron chi connectivity index (χ3n) is 5.75. The van der Waals surface area contributed by atoms with Gasteiger partial charge in [-0.3, -0.25) is 9.80 Å². The van der Waals surface area contributed by atoms with E-state index in [2.05, 4.69) is 21.9 Å². The fraction of sp³-hybridized carbons (Fsp3) is 0.714. The van der Waals surface area contributed by atoms with Gasteiger partial charge in [-0.05, 0) is 36.5 Å². The van der Waals surface area contributed by atoms with E-state index in [4.69, 9.17) is 9.84 Å². The van der Waals surface area contributed by atoms with Crippen molar-refractivity contribution >= 4 is 24.8 Å². The molecule has 1 aliphatic carbocycles. The van der Waals surface area contributed by atoms with Gasteiger partial charge in [0.25, 0.3) is 0 Å². The Hall–Kier alpha value is -0.560. The second-order valence-corrected chi connectivity index (χ2v) is 7.73. The summed E-state index contributed by atoms with van der Waals surface area (Å²) >= 11 is 0. The summed E-state index contributed by atoms with van der Waals surface area (Å²) in [5.74, 6) is 1.56. The molecule has 2 aliphatic rings. The van der Waals surface area contributed by atoms with Crippen molar-refractivity contribution in [3.8, 4) is 5.75 Å². The monoisotopic (exact) mass is 434 g/mol. The Bertz CT molecular complexity index is 519. The summed E-state index contributed by atoms with van der Waals surface area (Å²) in [5.41, 5.74) is 1.43. The molecule has 1 aliphatic heterocycles. The van der Waals surface area contributed by atoms with Crippen molar-refractivity contribution < 1.29 is 14.9 Å². The van der Waals surface area contributed by atoms with E-state index in [1.165, 1.54) is 37.7 Å². The maximum Gasteiger partial charge on any atom is 0.119 e. The van der Waals surface area contributed by atoms with Crippen molar-refractivity contribution in [3.05, 3.63) is 29.8 Å². The molecule has 5 nitrogen and oxygen atoms in total. The van der Waals surface area contributed by atoms with E-state index >= 15 is 0 Å². The minimum Gasteiger partial charge on any atom is -0.491 e. The summed E-state index contributed by atoms with van der Waals surface area (Å²) in [6, 6.07) is 8.48. The van der Waals surface area contributed by atoms with Gasteiger partial charge in [0.1, 0.15) is 18.5 Å². The normalized spacial score (nSPS) is 20.1. The van der Waals surface area contributed by atoms with E-state index in [9.17, 15) is 5.11 Å². The van der Waals surface area contributed by atoms with Crippen LogP contribution in [0, 0.1) is 0 Å². The maximum atomic E-state index is 10.3. The van der Waals surface area contributed by atoms with Gasteiger partial charge in [0.15, 0.2) is 0 Å². The molecule has 3 rings (SSSR count). The van der Waals surface area contributed by atoms with E-state index in [0.717, 1.165) is 38.5 Å². The number of hydrogen-bond donors (Lipinski definition) is 2. The third-order valence-corrected chi connectivity index (χ3v) is 5.75. The molecule has 1 heterocycles. The van der Waals surface area contributed by atoms with Crippen molar-refractivity contribution in [2.75, 3.05) is 52.5 Å². The molecule has 2 N–H and O–H groups in total. The van der Waals surface area contributed by atoms with Crippen LogP contribution in [0.1, 0.15) is 43.6 Å². The van der Waals surface area contributed by atoms with Crippen LogP contribution in [0.25, 0.3) is 0 Å². The Morgan fingerprint density at radius 3 is 2.14 bits per heavy atom. The van der Waals surface area contributed by atoms with Gasteiger partial charge >= 0.3 is 0 Å². The van der Waals surface area contributed by atoms with E-state index in [-0.39, 0.29) is 31.4 Å². The number of rotatable bonds is 8. The average molecular weight is 435 g/mol. The Morgan fingerprint density at radius 2 is 1.54 bits per heavy atom. The van der Waals surface area contributed by atoms with E-state index in [1.807, 2.05) is 12.1 Å². The van der Waals surface area contributed by atoms with Crippen LogP contribution in [0.2, 0.25) is 0 Å². The Balaban J connectivity index is 0.00000196. The lowest BCUT2D eigenvalue weighted by Crippen LogP contribution is -2.49. The van der Waals surface area contributed by atoms with Gasteiger partial charge in [0.05, 0.1) is 6.61 Å². The molecule has 162 valence electrons. The summed E-state index contributed by atoms with van der Waals surface area (Å²) in [6.45, 7) is 5.73. The molecule has 0 bridgehead atoms. The molecule has 28 heavy (non-hydrogen) atoms. The predicted molar refractivity (Wildman–Crippen MR) is 118 cm³/mol. The third kappa shape index (κ3) is 8.05. The molecule has 0 aromatic heterocycles. The van der Waals surface area contributed by atoms with Crippen LogP contribution >= 0.6 is 24.8 Å². The first-order chi connectivity index (χ1) is 12.7. The van der Waals surface area contributed by atoms with Crippen LogP contribution in [0.4, 0.5) is 0 Å².